The van der Waals surface area contributed by atoms with Crippen molar-refractivity contribution < 1.29 is 23.5 Å². The monoisotopic (exact) mass is 454 g/mol. The van der Waals surface area contributed by atoms with Gasteiger partial charge in [-0.05, 0) is 38.1 Å². The zero-order chi connectivity index (χ0) is 22.9. The summed E-state index contributed by atoms with van der Waals surface area (Å²) >= 11 is 1.11. The molecule has 2 amide bonds. The van der Waals surface area contributed by atoms with E-state index in [2.05, 4.69) is 20.8 Å². The third-order valence-corrected chi connectivity index (χ3v) is 5.29. The fourth-order valence-corrected chi connectivity index (χ4v) is 3.16. The van der Waals surface area contributed by atoms with Crippen LogP contribution in [0.4, 0.5) is 11.7 Å². The quantitative estimate of drug-likeness (QED) is 0.472. The normalized spacial score (nSPS) is 11.4. The number of anilines is 2. The molecule has 0 aliphatic carbocycles. The lowest BCUT2D eigenvalue weighted by molar-refractivity contribution is -0.146. The first-order chi connectivity index (χ1) is 15.4. The number of aryl methyl sites for hydroxylation is 1. The average molecular weight is 455 g/mol. The van der Waals surface area contributed by atoms with Gasteiger partial charge in [-0.25, -0.2) is 0 Å². The molecule has 0 unspecified atom stereocenters. The van der Waals surface area contributed by atoms with E-state index in [4.69, 9.17) is 9.15 Å². The Balaban J connectivity index is 1.38. The van der Waals surface area contributed by atoms with Crippen molar-refractivity contribution in [2.45, 2.75) is 19.1 Å². The zero-order valence-corrected chi connectivity index (χ0v) is 18.3. The first-order valence-corrected chi connectivity index (χ1v) is 10.8. The highest BCUT2D eigenvalue weighted by atomic mass is 32.2. The van der Waals surface area contributed by atoms with E-state index in [0.717, 1.165) is 17.3 Å². The van der Waals surface area contributed by atoms with Crippen molar-refractivity contribution in [3.8, 4) is 11.5 Å². The lowest BCUT2D eigenvalue weighted by Crippen LogP contribution is -2.26. The molecule has 10 heteroatoms. The Bertz CT molecular complexity index is 1070. The molecule has 1 atom stereocenters. The van der Waals surface area contributed by atoms with Crippen LogP contribution in [0.15, 0.2) is 59.0 Å². The molecule has 3 aromatic rings. The Morgan fingerprint density at radius 1 is 1.00 bits per heavy atom. The van der Waals surface area contributed by atoms with E-state index in [1.165, 1.54) is 0 Å². The summed E-state index contributed by atoms with van der Waals surface area (Å²) < 4.78 is 10.4. The van der Waals surface area contributed by atoms with Crippen molar-refractivity contribution in [1.29, 1.82) is 0 Å². The van der Waals surface area contributed by atoms with Gasteiger partial charge in [-0.3, -0.25) is 19.7 Å². The van der Waals surface area contributed by atoms with Crippen LogP contribution in [-0.2, 0) is 19.1 Å². The molecule has 0 bridgehead atoms. The van der Waals surface area contributed by atoms with Crippen molar-refractivity contribution in [2.75, 3.05) is 23.0 Å². The number of esters is 1. The molecule has 9 nitrogen and oxygen atoms in total. The Hall–Kier alpha value is -3.66. The third kappa shape index (κ3) is 6.95. The third-order valence-electron chi connectivity index (χ3n) is 4.17. The second-order valence-corrected chi connectivity index (χ2v) is 8.13. The first-order valence-electron chi connectivity index (χ1n) is 9.74. The number of aromatic nitrogens is 2. The maximum Gasteiger partial charge on any atom is 0.322 e. The van der Waals surface area contributed by atoms with Crippen LogP contribution < -0.4 is 10.6 Å². The van der Waals surface area contributed by atoms with E-state index < -0.39 is 23.7 Å². The second-order valence-electron chi connectivity index (χ2n) is 6.80. The van der Waals surface area contributed by atoms with Crippen LogP contribution in [0.25, 0.3) is 11.5 Å². The van der Waals surface area contributed by atoms with Crippen molar-refractivity contribution in [3.05, 3.63) is 60.2 Å². The summed E-state index contributed by atoms with van der Waals surface area (Å²) in [7, 11) is 0. The van der Waals surface area contributed by atoms with Gasteiger partial charge in [-0.15, -0.1) is 16.9 Å². The Labute approximate surface area is 188 Å². The molecule has 2 aromatic carbocycles. The first kappa shape index (κ1) is 23.0. The Kier molecular flexibility index (Phi) is 7.98. The number of hydrogen-bond donors (Lipinski definition) is 2. The van der Waals surface area contributed by atoms with Crippen LogP contribution >= 0.6 is 11.8 Å². The summed E-state index contributed by atoms with van der Waals surface area (Å²) in [6.07, 6.45) is 0. The summed E-state index contributed by atoms with van der Waals surface area (Å²) in [4.78, 5) is 36.1. The fraction of sp³-hybridized carbons (Fsp3) is 0.227. The molecule has 0 fully saturated rings. The van der Waals surface area contributed by atoms with Crippen molar-refractivity contribution >= 4 is 41.2 Å². The SMILES string of the molecule is Cc1ccc(NC(=O)CS[C@@H](C)C(=O)OCC(=O)Nc2nnc(-c3ccccc3)o2)cc1. The topological polar surface area (TPSA) is 123 Å². The van der Waals surface area contributed by atoms with Crippen molar-refractivity contribution in [2.24, 2.45) is 0 Å². The Morgan fingerprint density at radius 3 is 2.44 bits per heavy atom. The van der Waals surface area contributed by atoms with Gasteiger partial charge < -0.3 is 14.5 Å². The molecule has 2 N–H and O–H groups in total. The van der Waals surface area contributed by atoms with Crippen molar-refractivity contribution in [1.82, 2.24) is 10.2 Å². The van der Waals surface area contributed by atoms with Gasteiger partial charge in [0.15, 0.2) is 6.61 Å². The summed E-state index contributed by atoms with van der Waals surface area (Å²) in [5.41, 5.74) is 2.49. The van der Waals surface area contributed by atoms with Gasteiger partial charge in [0.1, 0.15) is 5.25 Å². The number of carbonyl (C=O) groups is 3. The van der Waals surface area contributed by atoms with Crippen LogP contribution in [0, 0.1) is 6.92 Å². The highest BCUT2D eigenvalue weighted by Gasteiger charge is 2.19. The molecule has 0 radical (unpaired) electrons. The number of carbonyl (C=O) groups excluding carboxylic acids is 3. The molecule has 3 rings (SSSR count). The van der Waals surface area contributed by atoms with Crippen LogP contribution in [0.3, 0.4) is 0 Å². The number of nitrogens with zero attached hydrogens (tertiary/aromatic N) is 2. The molecular weight excluding hydrogens is 432 g/mol. The van der Waals surface area contributed by atoms with E-state index in [0.29, 0.717) is 11.3 Å². The number of rotatable bonds is 9. The summed E-state index contributed by atoms with van der Waals surface area (Å²) in [6.45, 7) is 3.05. The number of amides is 2. The molecular formula is C22H22N4O5S. The maximum absolute atomic E-state index is 12.1. The summed E-state index contributed by atoms with van der Waals surface area (Å²) in [5, 5.41) is 12.1. The lowest BCUT2D eigenvalue weighted by Gasteiger charge is -2.11. The van der Waals surface area contributed by atoms with E-state index in [1.807, 2.05) is 37.3 Å². The highest BCUT2D eigenvalue weighted by Crippen LogP contribution is 2.19. The van der Waals surface area contributed by atoms with Gasteiger partial charge in [0.2, 0.25) is 11.8 Å². The highest BCUT2D eigenvalue weighted by molar-refractivity contribution is 8.01. The van der Waals surface area contributed by atoms with Gasteiger partial charge in [0.25, 0.3) is 5.91 Å². The number of nitrogens with one attached hydrogen (secondary N) is 2. The van der Waals surface area contributed by atoms with Crippen LogP contribution in [0.1, 0.15) is 12.5 Å². The summed E-state index contributed by atoms with van der Waals surface area (Å²) in [6, 6.07) is 16.4. The minimum atomic E-state index is -0.625. The predicted octanol–water partition coefficient (Wildman–Crippen LogP) is 3.29. The second kappa shape index (κ2) is 11.1. The zero-order valence-electron chi connectivity index (χ0n) is 17.5. The number of ether oxygens (including phenoxy) is 1. The van der Waals surface area contributed by atoms with Crippen molar-refractivity contribution in [3.63, 3.8) is 0 Å². The number of benzene rings is 2. The van der Waals surface area contributed by atoms with Gasteiger partial charge in [-0.1, -0.05) is 41.0 Å². The van der Waals surface area contributed by atoms with Crippen LogP contribution in [0.5, 0.6) is 0 Å². The van der Waals surface area contributed by atoms with Gasteiger partial charge in [0, 0.05) is 11.3 Å². The average Bonchev–Trinajstić information content (AvgIpc) is 3.26. The van der Waals surface area contributed by atoms with E-state index >= 15 is 0 Å². The Morgan fingerprint density at radius 2 is 1.72 bits per heavy atom. The lowest BCUT2D eigenvalue weighted by atomic mass is 10.2. The molecule has 0 saturated heterocycles. The standard InChI is InChI=1S/C22H22N4O5S/c1-14-8-10-17(11-9-14)23-19(28)13-32-15(2)21(29)30-12-18(27)24-22-26-25-20(31-22)16-6-4-3-5-7-16/h3-11,15H,12-13H2,1-2H3,(H,23,28)(H,24,26,27)/t15-/m0/s1. The van der Waals surface area contributed by atoms with E-state index in [1.54, 1.807) is 31.2 Å². The minimum Gasteiger partial charge on any atom is -0.455 e. The molecule has 0 saturated carbocycles. The molecule has 1 aromatic heterocycles. The largest absolute Gasteiger partial charge is 0.455 e. The van der Waals surface area contributed by atoms with Crippen LogP contribution in [-0.4, -0.2) is 45.6 Å². The molecule has 32 heavy (non-hydrogen) atoms. The minimum absolute atomic E-state index is 0.0700. The van der Waals surface area contributed by atoms with Crippen LogP contribution in [0.2, 0.25) is 0 Å². The van der Waals surface area contributed by atoms with E-state index in [9.17, 15) is 14.4 Å². The maximum atomic E-state index is 12.1. The number of thioether (sulfide) groups is 1. The molecule has 0 aliphatic heterocycles. The molecule has 166 valence electrons. The molecule has 0 spiro atoms. The molecule has 0 aliphatic rings. The summed E-state index contributed by atoms with van der Waals surface area (Å²) in [5.74, 6) is -1.13. The van der Waals surface area contributed by atoms with Gasteiger partial charge in [-0.2, -0.15) is 0 Å². The van der Waals surface area contributed by atoms with Gasteiger partial charge in [0.05, 0.1) is 5.75 Å². The fourth-order valence-electron chi connectivity index (χ4n) is 2.48. The number of hydrogen-bond acceptors (Lipinski definition) is 8. The smallest absolute Gasteiger partial charge is 0.322 e. The van der Waals surface area contributed by atoms with E-state index in [-0.39, 0.29) is 23.6 Å². The van der Waals surface area contributed by atoms with Gasteiger partial charge >= 0.3 is 12.0 Å². The predicted molar refractivity (Wildman–Crippen MR) is 121 cm³/mol. The molecule has 1 heterocycles.